The van der Waals surface area contributed by atoms with Crippen LogP contribution in [0.25, 0.3) is 22.2 Å². The van der Waals surface area contributed by atoms with Gasteiger partial charge in [0.2, 0.25) is 0 Å². The Hall–Kier alpha value is -1.97. The molecule has 0 bridgehead atoms. The summed E-state index contributed by atoms with van der Waals surface area (Å²) in [5.74, 6) is 0.190. The van der Waals surface area contributed by atoms with Crippen molar-refractivity contribution >= 4 is 40.1 Å². The molecule has 118 valence electrons. The van der Waals surface area contributed by atoms with Crippen LogP contribution in [0.15, 0.2) is 42.5 Å². The van der Waals surface area contributed by atoms with Gasteiger partial charge in [-0.25, -0.2) is 0 Å². The lowest BCUT2D eigenvalue weighted by molar-refractivity contribution is -0.134. The maximum Gasteiger partial charge on any atom is 0.311 e. The number of halogens is 2. The summed E-state index contributed by atoms with van der Waals surface area (Å²) in [4.78, 5) is 15.3. The molecule has 3 rings (SSSR count). The number of fused-ring (bicyclic) bond motifs is 1. The summed E-state index contributed by atoms with van der Waals surface area (Å²) in [5.41, 5.74) is 2.29. The van der Waals surface area contributed by atoms with Gasteiger partial charge >= 0.3 is 5.97 Å². The van der Waals surface area contributed by atoms with E-state index in [2.05, 4.69) is 4.98 Å². The van der Waals surface area contributed by atoms with Crippen molar-refractivity contribution in [2.24, 2.45) is 0 Å². The highest BCUT2D eigenvalue weighted by Gasteiger charge is 2.19. The number of aromatic nitrogens is 1. The van der Waals surface area contributed by atoms with Crippen molar-refractivity contribution in [3.05, 3.63) is 52.5 Å². The molecule has 0 amide bonds. The normalized spacial score (nSPS) is 10.9. The second-order valence-electron chi connectivity index (χ2n) is 5.22. The zero-order chi connectivity index (χ0) is 16.4. The van der Waals surface area contributed by atoms with E-state index in [1.807, 2.05) is 31.2 Å². The lowest BCUT2D eigenvalue weighted by Crippen LogP contribution is -2.07. The molecule has 0 saturated heterocycles. The summed E-state index contributed by atoms with van der Waals surface area (Å²) in [6.07, 6.45) is 1.08. The Balaban J connectivity index is 2.20. The Morgan fingerprint density at radius 3 is 2.70 bits per heavy atom. The Morgan fingerprint density at radius 2 is 1.96 bits per heavy atom. The Labute approximate surface area is 144 Å². The summed E-state index contributed by atoms with van der Waals surface area (Å²) >= 11 is 12.4. The molecule has 2 aromatic carbocycles. The van der Waals surface area contributed by atoms with Crippen LogP contribution in [0.5, 0.6) is 5.75 Å². The van der Waals surface area contributed by atoms with Gasteiger partial charge in [0, 0.05) is 27.9 Å². The molecule has 5 heteroatoms. The van der Waals surface area contributed by atoms with Crippen LogP contribution in [0.1, 0.15) is 19.8 Å². The Kier molecular flexibility index (Phi) is 4.60. The molecule has 1 heterocycles. The van der Waals surface area contributed by atoms with Gasteiger partial charge in [0.05, 0.1) is 10.7 Å². The number of hydrogen-bond acceptors (Lipinski definition) is 2. The molecule has 1 aromatic heterocycles. The molecular weight excluding hydrogens is 333 g/mol. The van der Waals surface area contributed by atoms with Gasteiger partial charge in [0.1, 0.15) is 0 Å². The highest BCUT2D eigenvalue weighted by Crippen LogP contribution is 2.40. The topological polar surface area (TPSA) is 42.1 Å². The van der Waals surface area contributed by atoms with Crippen LogP contribution in [0.2, 0.25) is 10.0 Å². The molecule has 0 fully saturated rings. The van der Waals surface area contributed by atoms with Gasteiger partial charge in [-0.1, -0.05) is 48.3 Å². The second-order valence-corrected chi connectivity index (χ2v) is 6.07. The molecule has 23 heavy (non-hydrogen) atoms. The number of carbonyl (C=O) groups excluding carboxylic acids is 1. The van der Waals surface area contributed by atoms with E-state index in [1.165, 1.54) is 0 Å². The fourth-order valence-corrected chi connectivity index (χ4v) is 2.87. The number of esters is 1. The highest BCUT2D eigenvalue weighted by molar-refractivity contribution is 6.33. The van der Waals surface area contributed by atoms with E-state index in [9.17, 15) is 4.79 Å². The summed E-state index contributed by atoms with van der Waals surface area (Å²) in [5, 5.41) is 1.92. The third-order valence-corrected chi connectivity index (χ3v) is 4.09. The van der Waals surface area contributed by atoms with Gasteiger partial charge < -0.3 is 9.72 Å². The van der Waals surface area contributed by atoms with Crippen LogP contribution >= 0.6 is 23.2 Å². The van der Waals surface area contributed by atoms with Crippen molar-refractivity contribution in [3.8, 4) is 17.0 Å². The van der Waals surface area contributed by atoms with Gasteiger partial charge in [0.15, 0.2) is 5.75 Å². The maximum absolute atomic E-state index is 12.0. The van der Waals surface area contributed by atoms with Gasteiger partial charge in [-0.05, 0) is 30.7 Å². The van der Waals surface area contributed by atoms with Gasteiger partial charge in [-0.2, -0.15) is 0 Å². The third kappa shape index (κ3) is 3.21. The van der Waals surface area contributed by atoms with Crippen LogP contribution in [0.4, 0.5) is 0 Å². The van der Waals surface area contributed by atoms with Crippen LogP contribution in [-0.4, -0.2) is 11.0 Å². The average Bonchev–Trinajstić information content (AvgIpc) is 2.86. The number of carbonyl (C=O) groups is 1. The SMILES string of the molecule is CCCC(=O)Oc1c(-c2ccccc2Cl)[nH]c2ccc(Cl)cc12. The van der Waals surface area contributed by atoms with E-state index < -0.39 is 0 Å². The standard InChI is InChI=1S/C18H15Cl2NO2/c1-2-5-16(22)23-18-13-10-11(19)8-9-15(13)21-17(18)12-6-3-4-7-14(12)20/h3-4,6-10,21H,2,5H2,1H3. The van der Waals surface area contributed by atoms with Gasteiger partial charge in [-0.3, -0.25) is 4.79 Å². The summed E-state index contributed by atoms with van der Waals surface area (Å²) in [6, 6.07) is 12.8. The van der Waals surface area contributed by atoms with E-state index in [1.54, 1.807) is 18.2 Å². The van der Waals surface area contributed by atoms with Gasteiger partial charge in [-0.15, -0.1) is 0 Å². The number of rotatable bonds is 4. The fraction of sp³-hybridized carbons (Fsp3) is 0.167. The number of hydrogen-bond donors (Lipinski definition) is 1. The predicted molar refractivity (Wildman–Crippen MR) is 94.3 cm³/mol. The van der Waals surface area contributed by atoms with E-state index in [-0.39, 0.29) is 5.97 Å². The fourth-order valence-electron chi connectivity index (χ4n) is 2.47. The largest absolute Gasteiger partial charge is 0.424 e. The zero-order valence-electron chi connectivity index (χ0n) is 12.5. The van der Waals surface area contributed by atoms with Crippen molar-refractivity contribution in [3.63, 3.8) is 0 Å². The highest BCUT2D eigenvalue weighted by atomic mass is 35.5. The first-order valence-electron chi connectivity index (χ1n) is 7.37. The van der Waals surface area contributed by atoms with Crippen molar-refractivity contribution < 1.29 is 9.53 Å². The second kappa shape index (κ2) is 6.65. The molecule has 0 aliphatic carbocycles. The monoisotopic (exact) mass is 347 g/mol. The van der Waals surface area contributed by atoms with Crippen LogP contribution in [0.3, 0.4) is 0 Å². The lowest BCUT2D eigenvalue weighted by Gasteiger charge is -2.07. The molecular formula is C18H15Cl2NO2. The molecule has 3 aromatic rings. The number of ether oxygens (including phenoxy) is 1. The number of aromatic amines is 1. The predicted octanol–water partition coefficient (Wildman–Crippen LogP) is 5.85. The minimum atomic E-state index is -0.276. The Bertz CT molecular complexity index is 871. The third-order valence-electron chi connectivity index (χ3n) is 3.53. The minimum Gasteiger partial charge on any atom is -0.424 e. The number of nitrogens with one attached hydrogen (secondary N) is 1. The first kappa shape index (κ1) is 15.9. The zero-order valence-corrected chi connectivity index (χ0v) is 14.0. The maximum atomic E-state index is 12.0. The van der Waals surface area contributed by atoms with E-state index in [4.69, 9.17) is 27.9 Å². The van der Waals surface area contributed by atoms with Crippen LogP contribution in [-0.2, 0) is 4.79 Å². The smallest absolute Gasteiger partial charge is 0.311 e. The molecule has 0 radical (unpaired) electrons. The molecule has 1 N–H and O–H groups in total. The van der Waals surface area contributed by atoms with Crippen LogP contribution in [0, 0.1) is 0 Å². The number of benzene rings is 2. The first-order valence-corrected chi connectivity index (χ1v) is 8.12. The molecule has 3 nitrogen and oxygen atoms in total. The first-order chi connectivity index (χ1) is 11.1. The molecule has 0 atom stereocenters. The molecule has 0 aliphatic rings. The quantitative estimate of drug-likeness (QED) is 0.601. The van der Waals surface area contributed by atoms with E-state index in [0.29, 0.717) is 27.9 Å². The molecule has 0 spiro atoms. The van der Waals surface area contributed by atoms with Crippen molar-refractivity contribution in [1.82, 2.24) is 4.98 Å². The van der Waals surface area contributed by atoms with E-state index in [0.717, 1.165) is 22.9 Å². The van der Waals surface area contributed by atoms with Crippen molar-refractivity contribution in [2.75, 3.05) is 0 Å². The summed E-state index contributed by atoms with van der Waals surface area (Å²) in [6.45, 7) is 1.93. The number of H-pyrrole nitrogens is 1. The lowest BCUT2D eigenvalue weighted by atomic mass is 10.1. The van der Waals surface area contributed by atoms with Gasteiger partial charge in [0.25, 0.3) is 0 Å². The van der Waals surface area contributed by atoms with E-state index >= 15 is 0 Å². The Morgan fingerprint density at radius 1 is 1.17 bits per heavy atom. The minimum absolute atomic E-state index is 0.276. The van der Waals surface area contributed by atoms with Crippen molar-refractivity contribution in [2.45, 2.75) is 19.8 Å². The summed E-state index contributed by atoms with van der Waals surface area (Å²) < 4.78 is 5.62. The summed E-state index contributed by atoms with van der Waals surface area (Å²) in [7, 11) is 0. The molecule has 0 unspecified atom stereocenters. The van der Waals surface area contributed by atoms with Crippen LogP contribution < -0.4 is 4.74 Å². The molecule has 0 aliphatic heterocycles. The molecule has 0 saturated carbocycles. The average molecular weight is 348 g/mol. The van der Waals surface area contributed by atoms with Crippen molar-refractivity contribution in [1.29, 1.82) is 0 Å².